The van der Waals surface area contributed by atoms with Crippen LogP contribution in [0.2, 0.25) is 0 Å². The van der Waals surface area contributed by atoms with Crippen LogP contribution in [-0.4, -0.2) is 68.6 Å². The number of fused-ring (bicyclic) bond motifs is 1. The van der Waals surface area contributed by atoms with Gasteiger partial charge in [0.05, 0.1) is 30.2 Å². The number of morpholine rings is 1. The van der Waals surface area contributed by atoms with E-state index < -0.39 is 23.2 Å². The molecule has 14 heteroatoms. The van der Waals surface area contributed by atoms with Gasteiger partial charge in [0.15, 0.2) is 5.82 Å². The number of carbonyl (C=O) groups excluding carboxylic acids is 1. The van der Waals surface area contributed by atoms with Crippen molar-refractivity contribution in [3.63, 3.8) is 0 Å². The Bertz CT molecular complexity index is 1560. The number of hydrogen-bond donors (Lipinski definition) is 3. The number of anilines is 2. The number of nitrogens with one attached hydrogen (secondary N) is 2. The van der Waals surface area contributed by atoms with Crippen molar-refractivity contribution < 1.29 is 22.7 Å². The number of carbonyl (C=O) groups is 1. The Hall–Kier alpha value is -4.30. The fourth-order valence-corrected chi connectivity index (χ4v) is 4.51. The fourth-order valence-electron chi connectivity index (χ4n) is 4.51. The zero-order chi connectivity index (χ0) is 27.7. The van der Waals surface area contributed by atoms with E-state index in [0.717, 1.165) is 31.4 Å². The third kappa shape index (κ3) is 5.47. The van der Waals surface area contributed by atoms with E-state index in [-0.39, 0.29) is 28.8 Å². The Morgan fingerprint density at radius 3 is 2.62 bits per heavy atom. The SMILES string of the molecule is CC(CN1CCOCC1)n1nc(-c2ccc(C(=O)Nc3cc(C(F)(F)F)ccn3)cc2)c2c(N)n[nH]c(=O)c21. The maximum Gasteiger partial charge on any atom is 0.416 e. The maximum atomic E-state index is 13.0. The van der Waals surface area contributed by atoms with Crippen molar-refractivity contribution in [3.05, 3.63) is 64.1 Å². The summed E-state index contributed by atoms with van der Waals surface area (Å²) in [6, 6.07) is 7.64. The number of aromatic nitrogens is 5. The lowest BCUT2D eigenvalue weighted by atomic mass is 10.1. The molecule has 1 atom stereocenters. The summed E-state index contributed by atoms with van der Waals surface area (Å²) in [6.07, 6.45) is -3.59. The number of ether oxygens (including phenoxy) is 1. The van der Waals surface area contributed by atoms with Crippen molar-refractivity contribution in [2.45, 2.75) is 19.1 Å². The zero-order valence-electron chi connectivity index (χ0n) is 20.8. The molecule has 39 heavy (non-hydrogen) atoms. The highest BCUT2D eigenvalue weighted by molar-refractivity contribution is 6.04. The van der Waals surface area contributed by atoms with E-state index in [0.29, 0.717) is 36.4 Å². The summed E-state index contributed by atoms with van der Waals surface area (Å²) < 4.78 is 46.0. The molecule has 1 aromatic carbocycles. The van der Waals surface area contributed by atoms with Crippen molar-refractivity contribution in [2.24, 2.45) is 0 Å². The van der Waals surface area contributed by atoms with Crippen LogP contribution in [0.4, 0.5) is 24.8 Å². The van der Waals surface area contributed by atoms with Crippen LogP contribution >= 0.6 is 0 Å². The van der Waals surface area contributed by atoms with Gasteiger partial charge in [-0.25, -0.2) is 10.1 Å². The Morgan fingerprint density at radius 2 is 1.92 bits per heavy atom. The van der Waals surface area contributed by atoms with Crippen LogP contribution in [0.15, 0.2) is 47.4 Å². The lowest BCUT2D eigenvalue weighted by Gasteiger charge is -2.29. The summed E-state index contributed by atoms with van der Waals surface area (Å²) in [6.45, 7) is 5.42. The molecule has 1 fully saturated rings. The molecule has 0 bridgehead atoms. The fraction of sp³-hybridized carbons (Fsp3) is 0.320. The smallest absolute Gasteiger partial charge is 0.382 e. The third-order valence-electron chi connectivity index (χ3n) is 6.45. The minimum absolute atomic E-state index is 0.0989. The zero-order valence-corrected chi connectivity index (χ0v) is 20.8. The Balaban J connectivity index is 1.43. The van der Waals surface area contributed by atoms with E-state index in [9.17, 15) is 22.8 Å². The average Bonchev–Trinajstić information content (AvgIpc) is 3.33. The molecule has 204 valence electrons. The second-order valence-electron chi connectivity index (χ2n) is 9.18. The van der Waals surface area contributed by atoms with Crippen molar-refractivity contribution in [1.29, 1.82) is 0 Å². The molecule has 1 aliphatic heterocycles. The second kappa shape index (κ2) is 10.5. The van der Waals surface area contributed by atoms with Gasteiger partial charge in [-0.1, -0.05) is 12.1 Å². The van der Waals surface area contributed by atoms with Crippen LogP contribution in [0.25, 0.3) is 22.2 Å². The minimum Gasteiger partial charge on any atom is -0.382 e. The van der Waals surface area contributed by atoms with Gasteiger partial charge in [0.1, 0.15) is 17.0 Å². The molecule has 1 unspecified atom stereocenters. The van der Waals surface area contributed by atoms with Gasteiger partial charge in [-0.05, 0) is 31.2 Å². The van der Waals surface area contributed by atoms with Gasteiger partial charge in [0, 0.05) is 37.0 Å². The quantitative estimate of drug-likeness (QED) is 0.337. The van der Waals surface area contributed by atoms with Gasteiger partial charge in [-0.2, -0.15) is 23.4 Å². The average molecular weight is 543 g/mol. The summed E-state index contributed by atoms with van der Waals surface area (Å²) in [4.78, 5) is 31.5. The number of alkyl halides is 3. The van der Waals surface area contributed by atoms with Crippen molar-refractivity contribution in [3.8, 4) is 11.3 Å². The largest absolute Gasteiger partial charge is 0.416 e. The molecule has 1 aliphatic rings. The topological polar surface area (TPSA) is 144 Å². The van der Waals surface area contributed by atoms with Crippen LogP contribution in [0.3, 0.4) is 0 Å². The molecule has 3 aromatic heterocycles. The summed E-state index contributed by atoms with van der Waals surface area (Å²) in [7, 11) is 0. The van der Waals surface area contributed by atoms with Crippen molar-refractivity contribution >= 4 is 28.4 Å². The van der Waals surface area contributed by atoms with Crippen LogP contribution in [0, 0.1) is 0 Å². The van der Waals surface area contributed by atoms with Crippen LogP contribution < -0.4 is 16.6 Å². The van der Waals surface area contributed by atoms with Gasteiger partial charge in [0.25, 0.3) is 11.5 Å². The molecule has 0 aliphatic carbocycles. The number of nitrogen functional groups attached to an aromatic ring is 1. The number of benzene rings is 1. The highest BCUT2D eigenvalue weighted by Crippen LogP contribution is 2.32. The Kier molecular flexibility index (Phi) is 7.06. The molecule has 1 saturated heterocycles. The molecule has 11 nitrogen and oxygen atoms in total. The van der Waals surface area contributed by atoms with E-state index in [2.05, 4.69) is 25.4 Å². The van der Waals surface area contributed by atoms with Crippen LogP contribution in [-0.2, 0) is 10.9 Å². The number of hydrogen-bond acceptors (Lipinski definition) is 8. The number of rotatable bonds is 6. The normalized spacial score (nSPS) is 15.4. The number of halogens is 3. The summed E-state index contributed by atoms with van der Waals surface area (Å²) in [5, 5.41) is 13.8. The van der Waals surface area contributed by atoms with Gasteiger partial charge in [-0.3, -0.25) is 19.2 Å². The maximum absolute atomic E-state index is 13.0. The van der Waals surface area contributed by atoms with Gasteiger partial charge in [-0.15, -0.1) is 0 Å². The summed E-state index contributed by atoms with van der Waals surface area (Å²) in [5.74, 6) is -0.765. The standard InChI is InChI=1S/C25H25F3N8O3/c1-14(13-35-8-10-39-11-9-35)36-21-19(22(29)32-33-24(21)38)20(34-36)15-2-4-16(5-3-15)23(37)31-18-12-17(6-7-30-18)25(26,27)28/h2-7,12,14H,8-11,13H2,1H3,(H2,29,32)(H,33,38)(H,30,31,37). The number of H-pyrrole nitrogens is 1. The van der Waals surface area contributed by atoms with E-state index in [1.807, 2.05) is 6.92 Å². The van der Waals surface area contributed by atoms with Gasteiger partial charge in [0.2, 0.25) is 0 Å². The van der Waals surface area contributed by atoms with Gasteiger partial charge < -0.3 is 15.8 Å². The van der Waals surface area contributed by atoms with Crippen LogP contribution in [0.5, 0.6) is 0 Å². The van der Waals surface area contributed by atoms with Gasteiger partial charge >= 0.3 is 6.18 Å². The highest BCUT2D eigenvalue weighted by Gasteiger charge is 2.31. The summed E-state index contributed by atoms with van der Waals surface area (Å²) in [5.41, 5.74) is 6.27. The number of nitrogens with two attached hydrogens (primary N) is 1. The molecular weight excluding hydrogens is 517 g/mol. The number of pyridine rings is 1. The monoisotopic (exact) mass is 542 g/mol. The second-order valence-corrected chi connectivity index (χ2v) is 9.18. The molecule has 1 amide bonds. The van der Waals surface area contributed by atoms with E-state index in [1.165, 1.54) is 12.1 Å². The lowest BCUT2D eigenvalue weighted by molar-refractivity contribution is -0.137. The number of amides is 1. The third-order valence-corrected chi connectivity index (χ3v) is 6.45. The number of nitrogens with zero attached hydrogens (tertiary/aromatic N) is 5. The Labute approximate surface area is 219 Å². The predicted octanol–water partition coefficient (Wildman–Crippen LogP) is 2.93. The molecule has 4 heterocycles. The molecule has 0 spiro atoms. The van der Waals surface area contributed by atoms with E-state index >= 15 is 0 Å². The van der Waals surface area contributed by atoms with Crippen molar-refractivity contribution in [2.75, 3.05) is 43.9 Å². The molecule has 0 radical (unpaired) electrons. The first kappa shape index (κ1) is 26.3. The molecule has 4 N–H and O–H groups in total. The van der Waals surface area contributed by atoms with E-state index in [4.69, 9.17) is 15.6 Å². The first-order valence-electron chi connectivity index (χ1n) is 12.1. The Morgan fingerprint density at radius 1 is 1.21 bits per heavy atom. The highest BCUT2D eigenvalue weighted by atomic mass is 19.4. The van der Waals surface area contributed by atoms with Crippen LogP contribution in [0.1, 0.15) is 28.9 Å². The molecule has 0 saturated carbocycles. The lowest BCUT2D eigenvalue weighted by Crippen LogP contribution is -2.39. The predicted molar refractivity (Wildman–Crippen MR) is 137 cm³/mol. The first-order chi connectivity index (χ1) is 18.6. The molecule has 5 rings (SSSR count). The molecule has 4 aromatic rings. The summed E-state index contributed by atoms with van der Waals surface area (Å²) >= 11 is 0. The van der Waals surface area contributed by atoms with Crippen molar-refractivity contribution in [1.82, 2.24) is 29.9 Å². The minimum atomic E-state index is -4.56. The molecular formula is C25H25F3N8O3. The van der Waals surface area contributed by atoms with E-state index in [1.54, 1.807) is 16.8 Å². The first-order valence-corrected chi connectivity index (χ1v) is 12.1. The number of aromatic amines is 1.